The van der Waals surface area contributed by atoms with Gasteiger partial charge in [0, 0.05) is 9.90 Å². The molecule has 16 heavy (non-hydrogen) atoms. The molecule has 0 saturated heterocycles. The maximum atomic E-state index is 6.27. The lowest BCUT2D eigenvalue weighted by atomic mass is 10.00. The van der Waals surface area contributed by atoms with Crippen molar-refractivity contribution in [2.24, 2.45) is 5.73 Å². The van der Waals surface area contributed by atoms with E-state index in [1.165, 1.54) is 4.88 Å². The monoisotopic (exact) mass is 251 g/mol. The topological polar surface area (TPSA) is 26.0 Å². The lowest BCUT2D eigenvalue weighted by Gasteiger charge is -2.13. The van der Waals surface area contributed by atoms with E-state index in [0.717, 1.165) is 21.7 Å². The third kappa shape index (κ3) is 2.14. The van der Waals surface area contributed by atoms with Crippen molar-refractivity contribution >= 4 is 22.9 Å². The highest BCUT2D eigenvalue weighted by atomic mass is 35.5. The predicted molar refractivity (Wildman–Crippen MR) is 71.3 cm³/mol. The lowest BCUT2D eigenvalue weighted by molar-refractivity contribution is 0.874. The van der Waals surface area contributed by atoms with E-state index >= 15 is 0 Å². The minimum Gasteiger partial charge on any atom is -0.320 e. The van der Waals surface area contributed by atoms with E-state index in [1.54, 1.807) is 11.3 Å². The molecule has 2 aromatic rings. The molecule has 1 unspecified atom stereocenters. The van der Waals surface area contributed by atoms with Crippen molar-refractivity contribution in [2.45, 2.75) is 19.9 Å². The summed E-state index contributed by atoms with van der Waals surface area (Å²) in [6, 6.07) is 7.98. The second-order valence-electron chi connectivity index (χ2n) is 3.95. The number of rotatable bonds is 2. The second kappa shape index (κ2) is 4.58. The molecule has 0 aliphatic rings. The third-order valence-electron chi connectivity index (χ3n) is 2.67. The molecule has 0 aliphatic carbocycles. The van der Waals surface area contributed by atoms with Gasteiger partial charge in [0.05, 0.1) is 6.04 Å². The summed E-state index contributed by atoms with van der Waals surface area (Å²) in [6.45, 7) is 4.08. The summed E-state index contributed by atoms with van der Waals surface area (Å²) in [5, 5.41) is 2.87. The molecule has 0 radical (unpaired) electrons. The van der Waals surface area contributed by atoms with Crippen molar-refractivity contribution in [2.75, 3.05) is 0 Å². The van der Waals surface area contributed by atoms with Crippen molar-refractivity contribution in [1.29, 1.82) is 0 Å². The van der Waals surface area contributed by atoms with Crippen molar-refractivity contribution < 1.29 is 0 Å². The molecule has 2 N–H and O–H groups in total. The van der Waals surface area contributed by atoms with Crippen LogP contribution in [0.25, 0.3) is 0 Å². The summed E-state index contributed by atoms with van der Waals surface area (Å²) in [5.41, 5.74) is 9.43. The molecule has 0 bridgehead atoms. The number of halogens is 1. The first kappa shape index (κ1) is 11.6. The predicted octanol–water partition coefficient (Wildman–Crippen LogP) is 4.07. The minimum atomic E-state index is -0.127. The highest BCUT2D eigenvalue weighted by Gasteiger charge is 2.14. The third-order valence-corrected chi connectivity index (χ3v) is 4.06. The van der Waals surface area contributed by atoms with Crippen LogP contribution in [0.4, 0.5) is 0 Å². The van der Waals surface area contributed by atoms with Crippen molar-refractivity contribution in [1.82, 2.24) is 0 Å². The van der Waals surface area contributed by atoms with Gasteiger partial charge in [0.2, 0.25) is 0 Å². The second-order valence-corrected chi connectivity index (χ2v) is 5.44. The maximum absolute atomic E-state index is 6.27. The fraction of sp³-hybridized carbons (Fsp3) is 0.231. The molecular weight excluding hydrogens is 238 g/mol. The molecule has 0 saturated carbocycles. The summed E-state index contributed by atoms with van der Waals surface area (Å²) in [7, 11) is 0. The quantitative estimate of drug-likeness (QED) is 0.856. The highest BCUT2D eigenvalue weighted by Crippen LogP contribution is 2.30. The zero-order valence-electron chi connectivity index (χ0n) is 9.33. The maximum Gasteiger partial charge on any atom is 0.0574 e. The van der Waals surface area contributed by atoms with E-state index in [2.05, 4.69) is 18.4 Å². The van der Waals surface area contributed by atoms with E-state index in [-0.39, 0.29) is 6.04 Å². The van der Waals surface area contributed by atoms with E-state index < -0.39 is 0 Å². The van der Waals surface area contributed by atoms with Gasteiger partial charge in [0.25, 0.3) is 0 Å². The summed E-state index contributed by atoms with van der Waals surface area (Å²) in [5.74, 6) is 0. The van der Waals surface area contributed by atoms with Crippen LogP contribution in [0.15, 0.2) is 29.6 Å². The van der Waals surface area contributed by atoms with Crippen molar-refractivity contribution in [3.05, 3.63) is 56.2 Å². The van der Waals surface area contributed by atoms with Gasteiger partial charge in [0.1, 0.15) is 0 Å². The Labute approximate surface area is 105 Å². The number of aryl methyl sites for hydroxylation is 2. The number of nitrogens with two attached hydrogens (primary N) is 1. The molecule has 1 aromatic carbocycles. The first-order valence-corrected chi connectivity index (χ1v) is 6.41. The summed E-state index contributed by atoms with van der Waals surface area (Å²) < 4.78 is 0. The molecule has 2 rings (SSSR count). The lowest BCUT2D eigenvalue weighted by Crippen LogP contribution is -2.11. The van der Waals surface area contributed by atoms with Crippen LogP contribution in [-0.2, 0) is 0 Å². The fourth-order valence-corrected chi connectivity index (χ4v) is 2.70. The van der Waals surface area contributed by atoms with Crippen LogP contribution >= 0.6 is 22.9 Å². The van der Waals surface area contributed by atoms with Gasteiger partial charge >= 0.3 is 0 Å². The van der Waals surface area contributed by atoms with Crippen LogP contribution in [0.3, 0.4) is 0 Å². The van der Waals surface area contributed by atoms with Gasteiger partial charge in [0.15, 0.2) is 0 Å². The molecule has 0 aliphatic heterocycles. The van der Waals surface area contributed by atoms with Crippen molar-refractivity contribution in [3.63, 3.8) is 0 Å². The Balaban J connectivity index is 2.41. The molecule has 84 valence electrons. The van der Waals surface area contributed by atoms with E-state index in [9.17, 15) is 0 Å². The number of benzene rings is 1. The Morgan fingerprint density at radius 2 is 2.06 bits per heavy atom. The smallest absolute Gasteiger partial charge is 0.0574 e. The van der Waals surface area contributed by atoms with Crippen LogP contribution in [0.2, 0.25) is 5.02 Å². The first-order valence-electron chi connectivity index (χ1n) is 5.15. The molecule has 3 heteroatoms. The van der Waals surface area contributed by atoms with Gasteiger partial charge in [-0.3, -0.25) is 0 Å². The molecule has 0 spiro atoms. The molecule has 1 heterocycles. The Bertz CT molecular complexity index is 504. The Hall–Kier alpha value is -0.830. The van der Waals surface area contributed by atoms with Gasteiger partial charge in [-0.25, -0.2) is 0 Å². The molecule has 1 atom stereocenters. The average molecular weight is 252 g/mol. The number of thiophene rings is 1. The molecule has 0 amide bonds. The van der Waals surface area contributed by atoms with E-state index in [1.807, 2.05) is 25.1 Å². The van der Waals surface area contributed by atoms with Crippen LogP contribution in [0.5, 0.6) is 0 Å². The minimum absolute atomic E-state index is 0.127. The molecule has 0 fully saturated rings. The normalized spacial score (nSPS) is 12.8. The molecular formula is C13H14ClNS. The van der Waals surface area contributed by atoms with Gasteiger partial charge in [-0.1, -0.05) is 29.8 Å². The van der Waals surface area contributed by atoms with E-state index in [0.29, 0.717) is 0 Å². The largest absolute Gasteiger partial charge is 0.320 e. The van der Waals surface area contributed by atoms with Gasteiger partial charge in [-0.2, -0.15) is 0 Å². The van der Waals surface area contributed by atoms with E-state index in [4.69, 9.17) is 17.3 Å². The first-order chi connectivity index (χ1) is 7.59. The van der Waals surface area contributed by atoms with Gasteiger partial charge < -0.3 is 5.73 Å². The Morgan fingerprint density at radius 3 is 2.69 bits per heavy atom. The Morgan fingerprint density at radius 1 is 1.31 bits per heavy atom. The summed E-state index contributed by atoms with van der Waals surface area (Å²) in [4.78, 5) is 1.27. The Kier molecular flexibility index (Phi) is 3.33. The van der Waals surface area contributed by atoms with Crippen LogP contribution in [-0.4, -0.2) is 0 Å². The SMILES string of the molecule is Cc1cc(C(N)c2cccc(C)c2Cl)cs1. The van der Waals surface area contributed by atoms with Crippen LogP contribution in [0.1, 0.15) is 27.6 Å². The number of hydrogen-bond donors (Lipinski definition) is 1. The van der Waals surface area contributed by atoms with Gasteiger partial charge in [-0.05, 0) is 42.0 Å². The average Bonchev–Trinajstić information content (AvgIpc) is 2.68. The zero-order valence-corrected chi connectivity index (χ0v) is 10.9. The van der Waals surface area contributed by atoms with Gasteiger partial charge in [-0.15, -0.1) is 11.3 Å². The summed E-state index contributed by atoms with van der Waals surface area (Å²) >= 11 is 7.98. The van der Waals surface area contributed by atoms with Crippen LogP contribution < -0.4 is 5.73 Å². The standard InChI is InChI=1S/C13H14ClNS/c1-8-4-3-5-11(12(8)14)13(15)10-6-9(2)16-7-10/h3-7,13H,15H2,1-2H3. The van der Waals surface area contributed by atoms with Crippen LogP contribution in [0, 0.1) is 13.8 Å². The molecule has 1 nitrogen and oxygen atoms in total. The molecule has 1 aromatic heterocycles. The van der Waals surface area contributed by atoms with Crippen molar-refractivity contribution in [3.8, 4) is 0 Å². The number of hydrogen-bond acceptors (Lipinski definition) is 2. The fourth-order valence-electron chi connectivity index (χ4n) is 1.72. The highest BCUT2D eigenvalue weighted by molar-refractivity contribution is 7.10. The summed E-state index contributed by atoms with van der Waals surface area (Å²) in [6.07, 6.45) is 0. The zero-order chi connectivity index (χ0) is 11.7.